The maximum absolute atomic E-state index is 11.8. The van der Waals surface area contributed by atoms with Crippen LogP contribution in [-0.4, -0.2) is 27.5 Å². The van der Waals surface area contributed by atoms with Crippen LogP contribution in [0.2, 0.25) is 0 Å². The van der Waals surface area contributed by atoms with Gasteiger partial charge in [-0.05, 0) is 34.3 Å². The van der Waals surface area contributed by atoms with E-state index in [1.807, 2.05) is 0 Å². The summed E-state index contributed by atoms with van der Waals surface area (Å²) in [5.41, 5.74) is 0. The molecule has 1 rings (SSSR count). The highest BCUT2D eigenvalue weighted by Gasteiger charge is 2.18. The van der Waals surface area contributed by atoms with Crippen LogP contribution >= 0.6 is 27.3 Å². The Labute approximate surface area is 112 Å². The third-order valence-corrected chi connectivity index (χ3v) is 5.89. The van der Waals surface area contributed by atoms with E-state index < -0.39 is 16.0 Å². The first-order chi connectivity index (χ1) is 7.97. The number of esters is 1. The molecule has 0 aliphatic rings. The van der Waals surface area contributed by atoms with E-state index >= 15 is 0 Å². The van der Waals surface area contributed by atoms with Gasteiger partial charge in [-0.1, -0.05) is 0 Å². The molecule has 1 N–H and O–H groups in total. The highest BCUT2D eigenvalue weighted by Crippen LogP contribution is 2.27. The Kier molecular flexibility index (Phi) is 5.57. The van der Waals surface area contributed by atoms with Crippen LogP contribution in [0.15, 0.2) is 20.1 Å². The first kappa shape index (κ1) is 14.6. The lowest BCUT2D eigenvalue weighted by Crippen LogP contribution is -2.26. The van der Waals surface area contributed by atoms with Gasteiger partial charge in [0.15, 0.2) is 0 Å². The van der Waals surface area contributed by atoms with E-state index in [1.54, 1.807) is 18.4 Å². The third kappa shape index (κ3) is 4.38. The summed E-state index contributed by atoms with van der Waals surface area (Å²) in [4.78, 5) is 11.0. The van der Waals surface area contributed by atoms with Gasteiger partial charge in [-0.2, -0.15) is 0 Å². The molecule has 0 aromatic carbocycles. The zero-order valence-corrected chi connectivity index (χ0v) is 12.3. The van der Waals surface area contributed by atoms with Gasteiger partial charge in [0, 0.05) is 11.0 Å². The molecule has 1 heterocycles. The van der Waals surface area contributed by atoms with Gasteiger partial charge in [-0.25, -0.2) is 13.1 Å². The van der Waals surface area contributed by atoms with Gasteiger partial charge in [-0.3, -0.25) is 4.79 Å². The molecule has 0 radical (unpaired) electrons. The molecule has 0 atom stereocenters. The van der Waals surface area contributed by atoms with Crippen LogP contribution in [0.1, 0.15) is 13.3 Å². The lowest BCUT2D eigenvalue weighted by molar-refractivity contribution is -0.142. The molecule has 96 valence electrons. The Morgan fingerprint density at radius 1 is 1.59 bits per heavy atom. The number of hydrogen-bond donors (Lipinski definition) is 1. The van der Waals surface area contributed by atoms with Crippen LogP contribution < -0.4 is 4.72 Å². The summed E-state index contributed by atoms with van der Waals surface area (Å²) in [6, 6.07) is 1.66. The number of rotatable bonds is 6. The van der Waals surface area contributed by atoms with Crippen LogP contribution in [-0.2, 0) is 19.6 Å². The average Bonchev–Trinajstić information content (AvgIpc) is 2.65. The molecule has 1 aromatic rings. The van der Waals surface area contributed by atoms with Crippen LogP contribution in [0.25, 0.3) is 0 Å². The topological polar surface area (TPSA) is 72.5 Å². The van der Waals surface area contributed by atoms with Gasteiger partial charge in [0.2, 0.25) is 0 Å². The number of thiophene rings is 1. The maximum Gasteiger partial charge on any atom is 0.307 e. The van der Waals surface area contributed by atoms with Crippen molar-refractivity contribution in [1.82, 2.24) is 4.72 Å². The van der Waals surface area contributed by atoms with E-state index in [4.69, 9.17) is 4.74 Å². The van der Waals surface area contributed by atoms with E-state index in [1.165, 1.54) is 0 Å². The number of hydrogen-bond acceptors (Lipinski definition) is 5. The fraction of sp³-hybridized carbons (Fsp3) is 0.444. The smallest absolute Gasteiger partial charge is 0.307 e. The number of carbonyl (C=O) groups is 1. The minimum atomic E-state index is -3.54. The number of halogens is 1. The molecule has 0 fully saturated rings. The maximum atomic E-state index is 11.8. The largest absolute Gasteiger partial charge is 0.466 e. The fourth-order valence-corrected chi connectivity index (χ4v) is 4.47. The first-order valence-electron chi connectivity index (χ1n) is 4.85. The van der Waals surface area contributed by atoms with Gasteiger partial charge < -0.3 is 4.74 Å². The van der Waals surface area contributed by atoms with Crippen molar-refractivity contribution in [1.29, 1.82) is 0 Å². The van der Waals surface area contributed by atoms with Gasteiger partial charge in [0.1, 0.15) is 4.21 Å². The summed E-state index contributed by atoms with van der Waals surface area (Å²) >= 11 is 4.26. The Morgan fingerprint density at radius 2 is 2.29 bits per heavy atom. The Bertz CT molecular complexity index is 483. The van der Waals surface area contributed by atoms with Gasteiger partial charge in [0.25, 0.3) is 10.0 Å². The monoisotopic (exact) mass is 341 g/mol. The number of carbonyl (C=O) groups excluding carboxylic acids is 1. The molecule has 17 heavy (non-hydrogen) atoms. The molecule has 0 aliphatic carbocycles. The van der Waals surface area contributed by atoms with E-state index in [2.05, 4.69) is 20.7 Å². The van der Waals surface area contributed by atoms with Crippen molar-refractivity contribution < 1.29 is 17.9 Å². The highest BCUT2D eigenvalue weighted by molar-refractivity contribution is 9.10. The Hall–Kier alpha value is -0.440. The SMILES string of the molecule is CCOC(=O)CCNS(=O)(=O)c1sccc1Br. The summed E-state index contributed by atoms with van der Waals surface area (Å²) in [6.07, 6.45) is 0.0239. The van der Waals surface area contributed by atoms with Gasteiger partial charge >= 0.3 is 5.97 Å². The molecule has 8 heteroatoms. The van der Waals surface area contributed by atoms with Crippen molar-refractivity contribution >= 4 is 43.3 Å². The number of ether oxygens (including phenoxy) is 1. The Morgan fingerprint density at radius 3 is 2.82 bits per heavy atom. The summed E-state index contributed by atoms with van der Waals surface area (Å²) in [7, 11) is -3.54. The van der Waals surface area contributed by atoms with Crippen LogP contribution in [0.3, 0.4) is 0 Å². The highest BCUT2D eigenvalue weighted by atomic mass is 79.9. The lowest BCUT2D eigenvalue weighted by atomic mass is 10.4. The standard InChI is InChI=1S/C9H12BrNO4S2/c1-2-15-8(12)3-5-11-17(13,14)9-7(10)4-6-16-9/h4,6,11H,2-3,5H2,1H3. The van der Waals surface area contributed by atoms with Crippen molar-refractivity contribution in [3.05, 3.63) is 15.9 Å². The van der Waals surface area contributed by atoms with Crippen molar-refractivity contribution in [2.24, 2.45) is 0 Å². The molecule has 0 spiro atoms. The molecule has 0 saturated carbocycles. The number of sulfonamides is 1. The molecule has 0 amide bonds. The van der Waals surface area contributed by atoms with E-state index in [-0.39, 0.29) is 17.2 Å². The third-order valence-electron chi connectivity index (χ3n) is 1.76. The second-order valence-electron chi connectivity index (χ2n) is 3.01. The van der Waals surface area contributed by atoms with Gasteiger partial charge in [0.05, 0.1) is 13.0 Å². The molecular weight excluding hydrogens is 330 g/mol. The summed E-state index contributed by atoms with van der Waals surface area (Å²) in [5.74, 6) is -0.416. The molecule has 0 aliphatic heterocycles. The Balaban J connectivity index is 2.52. The summed E-state index contributed by atoms with van der Waals surface area (Å²) < 4.78 is 31.3. The summed E-state index contributed by atoms with van der Waals surface area (Å²) in [5, 5.41) is 1.67. The van der Waals surface area contributed by atoms with Gasteiger partial charge in [-0.15, -0.1) is 11.3 Å². The normalized spacial score (nSPS) is 11.4. The average molecular weight is 342 g/mol. The predicted molar refractivity (Wildman–Crippen MR) is 68.5 cm³/mol. The number of nitrogens with one attached hydrogen (secondary N) is 1. The second kappa shape index (κ2) is 6.48. The second-order valence-corrected chi connectivity index (χ2v) is 6.74. The fourth-order valence-electron chi connectivity index (χ4n) is 1.06. The van der Waals surface area contributed by atoms with Crippen molar-refractivity contribution in [2.45, 2.75) is 17.6 Å². The molecule has 0 unspecified atom stereocenters. The first-order valence-corrected chi connectivity index (χ1v) is 8.01. The molecular formula is C9H12BrNO4S2. The molecule has 1 aromatic heterocycles. The molecule has 0 bridgehead atoms. The molecule has 5 nitrogen and oxygen atoms in total. The van der Waals surface area contributed by atoms with E-state index in [0.29, 0.717) is 11.1 Å². The van der Waals surface area contributed by atoms with Crippen LogP contribution in [0, 0.1) is 0 Å². The van der Waals surface area contributed by atoms with E-state index in [0.717, 1.165) is 11.3 Å². The predicted octanol–water partition coefficient (Wildman–Crippen LogP) is 1.74. The van der Waals surface area contributed by atoms with Crippen molar-refractivity contribution in [3.8, 4) is 0 Å². The molecule has 0 saturated heterocycles. The van der Waals surface area contributed by atoms with Crippen molar-refractivity contribution in [2.75, 3.05) is 13.2 Å². The minimum Gasteiger partial charge on any atom is -0.466 e. The quantitative estimate of drug-likeness (QED) is 0.800. The zero-order valence-electron chi connectivity index (χ0n) is 9.10. The minimum absolute atomic E-state index is 0.0239. The lowest BCUT2D eigenvalue weighted by Gasteiger charge is -2.05. The van der Waals surface area contributed by atoms with Crippen LogP contribution in [0.5, 0.6) is 0 Å². The van der Waals surface area contributed by atoms with Crippen molar-refractivity contribution in [3.63, 3.8) is 0 Å². The van der Waals surface area contributed by atoms with E-state index in [9.17, 15) is 13.2 Å². The summed E-state index contributed by atoms with van der Waals surface area (Å²) in [6.45, 7) is 2.03. The van der Waals surface area contributed by atoms with Crippen LogP contribution in [0.4, 0.5) is 0 Å². The zero-order chi connectivity index (χ0) is 12.9.